The molecule has 1 saturated heterocycles. The normalized spacial score (nSPS) is 22.6. The van der Waals surface area contributed by atoms with Crippen LogP contribution < -0.4 is 10.6 Å². The summed E-state index contributed by atoms with van der Waals surface area (Å²) < 4.78 is 0. The number of piperidine rings is 1. The zero-order valence-corrected chi connectivity index (χ0v) is 11.7. The summed E-state index contributed by atoms with van der Waals surface area (Å²) in [6, 6.07) is 14.1. The molecular formula is C17H20N2O. The van der Waals surface area contributed by atoms with Gasteiger partial charge in [-0.3, -0.25) is 4.79 Å². The molecule has 20 heavy (non-hydrogen) atoms. The van der Waals surface area contributed by atoms with Crippen LogP contribution in [0.15, 0.2) is 42.5 Å². The number of hydrogen-bond acceptors (Lipinski definition) is 2. The second-order valence-corrected chi connectivity index (χ2v) is 5.60. The van der Waals surface area contributed by atoms with Crippen LogP contribution in [0.25, 0.3) is 10.8 Å². The Morgan fingerprint density at radius 1 is 1.20 bits per heavy atom. The lowest BCUT2D eigenvalue weighted by molar-refractivity contribution is -0.119. The summed E-state index contributed by atoms with van der Waals surface area (Å²) in [7, 11) is 0. The van der Waals surface area contributed by atoms with Gasteiger partial charge in [-0.25, -0.2) is 0 Å². The molecule has 0 bridgehead atoms. The minimum Gasteiger partial charge on any atom is -0.325 e. The van der Waals surface area contributed by atoms with Crippen LogP contribution in [-0.4, -0.2) is 18.5 Å². The topological polar surface area (TPSA) is 41.1 Å². The van der Waals surface area contributed by atoms with Crippen LogP contribution in [0, 0.1) is 5.92 Å². The maximum Gasteiger partial charge on any atom is 0.241 e. The average Bonchev–Trinajstić information content (AvgIpc) is 2.47. The number of carbonyl (C=O) groups excluding carboxylic acids is 1. The molecule has 1 amide bonds. The third-order valence-corrected chi connectivity index (χ3v) is 4.07. The molecule has 2 unspecified atom stereocenters. The molecule has 2 aromatic rings. The van der Waals surface area contributed by atoms with Gasteiger partial charge in [-0.2, -0.15) is 0 Å². The second-order valence-electron chi connectivity index (χ2n) is 5.60. The maximum absolute atomic E-state index is 12.3. The Morgan fingerprint density at radius 3 is 2.80 bits per heavy atom. The van der Waals surface area contributed by atoms with Crippen molar-refractivity contribution in [2.75, 3.05) is 11.9 Å². The molecule has 0 radical (unpaired) electrons. The van der Waals surface area contributed by atoms with Gasteiger partial charge in [0.1, 0.15) is 0 Å². The van der Waals surface area contributed by atoms with Crippen molar-refractivity contribution in [3.63, 3.8) is 0 Å². The molecule has 3 heteroatoms. The number of benzene rings is 2. The predicted octanol–water partition coefficient (Wildman–Crippen LogP) is 3.17. The van der Waals surface area contributed by atoms with Gasteiger partial charge < -0.3 is 10.6 Å². The summed E-state index contributed by atoms with van der Waals surface area (Å²) in [6.07, 6.45) is 2.27. The van der Waals surface area contributed by atoms with Crippen molar-refractivity contribution < 1.29 is 4.79 Å². The van der Waals surface area contributed by atoms with E-state index in [2.05, 4.69) is 29.7 Å². The first-order chi connectivity index (χ1) is 9.74. The van der Waals surface area contributed by atoms with Gasteiger partial charge in [0.15, 0.2) is 0 Å². The first-order valence-electron chi connectivity index (χ1n) is 7.27. The summed E-state index contributed by atoms with van der Waals surface area (Å²) in [5.41, 5.74) is 0.869. The van der Waals surface area contributed by atoms with E-state index in [4.69, 9.17) is 0 Å². The van der Waals surface area contributed by atoms with Crippen molar-refractivity contribution in [1.29, 1.82) is 0 Å². The number of amides is 1. The molecule has 104 valence electrons. The minimum absolute atomic E-state index is 0.0739. The number of carbonyl (C=O) groups is 1. The first-order valence-corrected chi connectivity index (χ1v) is 7.27. The van der Waals surface area contributed by atoms with Crippen LogP contribution >= 0.6 is 0 Å². The van der Waals surface area contributed by atoms with Crippen molar-refractivity contribution in [3.05, 3.63) is 42.5 Å². The van der Waals surface area contributed by atoms with Crippen LogP contribution in [-0.2, 0) is 4.79 Å². The van der Waals surface area contributed by atoms with Gasteiger partial charge in [0, 0.05) is 5.69 Å². The molecule has 3 nitrogen and oxygen atoms in total. The van der Waals surface area contributed by atoms with Crippen molar-refractivity contribution in [2.45, 2.75) is 25.8 Å². The van der Waals surface area contributed by atoms with Gasteiger partial charge in [0.25, 0.3) is 0 Å². The van der Waals surface area contributed by atoms with E-state index in [0.29, 0.717) is 5.92 Å². The standard InChI is InChI=1S/C17H20N2O/c1-12-5-4-10-18-16(12)17(20)19-15-9-8-13-6-2-3-7-14(13)11-15/h2-3,6-9,11-12,16,18H,4-5,10H2,1H3,(H,19,20). The van der Waals surface area contributed by atoms with Crippen LogP contribution in [0.4, 0.5) is 5.69 Å². The fourth-order valence-corrected chi connectivity index (χ4v) is 2.89. The largest absolute Gasteiger partial charge is 0.325 e. The SMILES string of the molecule is CC1CCCNC1C(=O)Nc1ccc2ccccc2c1. The smallest absolute Gasteiger partial charge is 0.241 e. The molecule has 0 aromatic heterocycles. The lowest BCUT2D eigenvalue weighted by Crippen LogP contribution is -2.48. The van der Waals surface area contributed by atoms with Gasteiger partial charge >= 0.3 is 0 Å². The fourth-order valence-electron chi connectivity index (χ4n) is 2.89. The highest BCUT2D eigenvalue weighted by Crippen LogP contribution is 2.21. The van der Waals surface area contributed by atoms with Gasteiger partial charge in [0.05, 0.1) is 6.04 Å². The number of rotatable bonds is 2. The van der Waals surface area contributed by atoms with E-state index in [1.807, 2.05) is 30.3 Å². The number of hydrogen-bond donors (Lipinski definition) is 2. The Labute approximate surface area is 119 Å². The molecule has 1 fully saturated rings. The van der Waals surface area contributed by atoms with Crippen molar-refractivity contribution in [2.24, 2.45) is 5.92 Å². The molecule has 1 heterocycles. The lowest BCUT2D eigenvalue weighted by atomic mass is 9.92. The molecule has 3 rings (SSSR count). The van der Waals surface area contributed by atoms with E-state index >= 15 is 0 Å². The van der Waals surface area contributed by atoms with E-state index < -0.39 is 0 Å². The Morgan fingerprint density at radius 2 is 2.00 bits per heavy atom. The summed E-state index contributed by atoms with van der Waals surface area (Å²) in [4.78, 5) is 12.3. The molecular weight excluding hydrogens is 248 g/mol. The average molecular weight is 268 g/mol. The van der Waals surface area contributed by atoms with Gasteiger partial charge in [-0.15, -0.1) is 0 Å². The highest BCUT2D eigenvalue weighted by molar-refractivity contribution is 5.97. The van der Waals surface area contributed by atoms with Crippen molar-refractivity contribution >= 4 is 22.4 Å². The Kier molecular flexibility index (Phi) is 3.70. The molecule has 2 atom stereocenters. The first kappa shape index (κ1) is 13.1. The second kappa shape index (κ2) is 5.63. The summed E-state index contributed by atoms with van der Waals surface area (Å²) >= 11 is 0. The minimum atomic E-state index is -0.0739. The van der Waals surface area contributed by atoms with Crippen LogP contribution in [0.1, 0.15) is 19.8 Å². The van der Waals surface area contributed by atoms with E-state index in [1.54, 1.807) is 0 Å². The number of nitrogens with one attached hydrogen (secondary N) is 2. The molecule has 2 aromatic carbocycles. The molecule has 0 saturated carbocycles. The third-order valence-electron chi connectivity index (χ3n) is 4.07. The third kappa shape index (κ3) is 2.68. The van der Waals surface area contributed by atoms with Crippen LogP contribution in [0.5, 0.6) is 0 Å². The van der Waals surface area contributed by atoms with E-state index in [9.17, 15) is 4.79 Å². The highest BCUT2D eigenvalue weighted by atomic mass is 16.2. The molecule has 1 aliphatic heterocycles. The van der Waals surface area contributed by atoms with Gasteiger partial charge in [-0.05, 0) is 48.2 Å². The zero-order valence-electron chi connectivity index (χ0n) is 11.7. The van der Waals surface area contributed by atoms with Crippen molar-refractivity contribution in [1.82, 2.24) is 5.32 Å². The number of anilines is 1. The Balaban J connectivity index is 1.76. The quantitative estimate of drug-likeness (QED) is 0.878. The van der Waals surface area contributed by atoms with E-state index in [-0.39, 0.29) is 11.9 Å². The molecule has 0 spiro atoms. The summed E-state index contributed by atoms with van der Waals surface area (Å²) in [5.74, 6) is 0.469. The van der Waals surface area contributed by atoms with Crippen LogP contribution in [0.2, 0.25) is 0 Å². The molecule has 0 aliphatic carbocycles. The summed E-state index contributed by atoms with van der Waals surface area (Å²) in [6.45, 7) is 3.07. The summed E-state index contributed by atoms with van der Waals surface area (Å²) in [5, 5.41) is 8.68. The lowest BCUT2D eigenvalue weighted by Gasteiger charge is -2.28. The Bertz CT molecular complexity index is 623. The molecule has 2 N–H and O–H groups in total. The van der Waals surface area contributed by atoms with E-state index in [1.165, 1.54) is 5.39 Å². The highest BCUT2D eigenvalue weighted by Gasteiger charge is 2.27. The number of fused-ring (bicyclic) bond motifs is 1. The fraction of sp³-hybridized carbons (Fsp3) is 0.353. The maximum atomic E-state index is 12.3. The Hall–Kier alpha value is -1.87. The van der Waals surface area contributed by atoms with Gasteiger partial charge in [0.2, 0.25) is 5.91 Å². The van der Waals surface area contributed by atoms with E-state index in [0.717, 1.165) is 30.5 Å². The monoisotopic (exact) mass is 268 g/mol. The zero-order chi connectivity index (χ0) is 13.9. The molecule has 1 aliphatic rings. The van der Waals surface area contributed by atoms with Crippen LogP contribution in [0.3, 0.4) is 0 Å². The predicted molar refractivity (Wildman–Crippen MR) is 82.8 cm³/mol. The van der Waals surface area contributed by atoms with Crippen molar-refractivity contribution in [3.8, 4) is 0 Å². The van der Waals surface area contributed by atoms with Gasteiger partial charge in [-0.1, -0.05) is 37.3 Å².